The van der Waals surface area contributed by atoms with Crippen LogP contribution in [0.25, 0.3) is 0 Å². The molecule has 0 bridgehead atoms. The molecule has 0 heterocycles. The lowest BCUT2D eigenvalue weighted by Crippen LogP contribution is -2.22. The Morgan fingerprint density at radius 1 is 0.950 bits per heavy atom. The molecule has 0 saturated carbocycles. The van der Waals surface area contributed by atoms with Crippen LogP contribution in [-0.4, -0.2) is 14.7 Å². The highest BCUT2D eigenvalue weighted by molar-refractivity contribution is 7.88. The van der Waals surface area contributed by atoms with E-state index in [-0.39, 0.29) is 6.07 Å². The SMILES string of the molecule is CS(=O)(=O)NCc1cc(C(F)(F)F)cc(C(F)(F)F)c1. The van der Waals surface area contributed by atoms with Crippen molar-refractivity contribution in [3.8, 4) is 0 Å². The number of rotatable bonds is 3. The second kappa shape index (κ2) is 5.24. The fourth-order valence-electron chi connectivity index (χ4n) is 1.34. The smallest absolute Gasteiger partial charge is 0.213 e. The second-order valence-electron chi connectivity index (χ2n) is 4.01. The van der Waals surface area contributed by atoms with Crippen LogP contribution in [0.15, 0.2) is 18.2 Å². The van der Waals surface area contributed by atoms with E-state index >= 15 is 0 Å². The lowest BCUT2D eigenvalue weighted by Gasteiger charge is -2.14. The Morgan fingerprint density at radius 2 is 1.35 bits per heavy atom. The summed E-state index contributed by atoms with van der Waals surface area (Å²) in [4.78, 5) is 0. The maximum atomic E-state index is 12.5. The van der Waals surface area contributed by atoms with Gasteiger partial charge in [0.25, 0.3) is 0 Å². The van der Waals surface area contributed by atoms with Crippen LogP contribution in [0.2, 0.25) is 0 Å². The van der Waals surface area contributed by atoms with Crippen LogP contribution in [0.5, 0.6) is 0 Å². The number of sulfonamides is 1. The molecule has 1 rings (SSSR count). The van der Waals surface area contributed by atoms with Crippen LogP contribution in [0.4, 0.5) is 26.3 Å². The average Bonchev–Trinajstić information content (AvgIpc) is 2.22. The Bertz CT molecular complexity index is 558. The molecule has 0 aliphatic rings. The summed E-state index contributed by atoms with van der Waals surface area (Å²) in [6, 6.07) is 0.908. The summed E-state index contributed by atoms with van der Waals surface area (Å²) in [5, 5.41) is 0. The number of hydrogen-bond acceptors (Lipinski definition) is 2. The van der Waals surface area contributed by atoms with Crippen LogP contribution in [0, 0.1) is 0 Å². The average molecular weight is 321 g/mol. The fraction of sp³-hybridized carbons (Fsp3) is 0.400. The molecule has 3 nitrogen and oxygen atoms in total. The lowest BCUT2D eigenvalue weighted by atomic mass is 10.0. The molecule has 0 atom stereocenters. The number of nitrogens with one attached hydrogen (secondary N) is 1. The van der Waals surface area contributed by atoms with Gasteiger partial charge >= 0.3 is 12.4 Å². The molecule has 10 heteroatoms. The molecule has 1 aromatic carbocycles. The Labute approximate surface area is 110 Å². The zero-order chi connectivity index (χ0) is 15.8. The van der Waals surface area contributed by atoms with Crippen molar-refractivity contribution >= 4 is 10.0 Å². The molecule has 0 spiro atoms. The minimum atomic E-state index is -4.96. The molecule has 0 unspecified atom stereocenters. The van der Waals surface area contributed by atoms with Gasteiger partial charge in [0.05, 0.1) is 17.4 Å². The van der Waals surface area contributed by atoms with Gasteiger partial charge in [-0.25, -0.2) is 13.1 Å². The van der Waals surface area contributed by atoms with Gasteiger partial charge in [-0.3, -0.25) is 0 Å². The second-order valence-corrected chi connectivity index (χ2v) is 5.84. The zero-order valence-corrected chi connectivity index (χ0v) is 10.7. The number of alkyl halides is 6. The van der Waals surface area contributed by atoms with E-state index in [2.05, 4.69) is 0 Å². The first-order valence-corrected chi connectivity index (χ1v) is 6.91. The van der Waals surface area contributed by atoms with Crippen molar-refractivity contribution in [3.63, 3.8) is 0 Å². The van der Waals surface area contributed by atoms with Crippen LogP contribution < -0.4 is 4.72 Å². The standard InChI is InChI=1S/C10H9F6NO2S/c1-20(18,19)17-5-6-2-7(9(11,12)13)4-8(3-6)10(14,15)16/h2-4,17H,5H2,1H3. The zero-order valence-electron chi connectivity index (χ0n) is 9.93. The first-order valence-electron chi connectivity index (χ1n) is 5.02. The number of halogens is 6. The van der Waals surface area contributed by atoms with E-state index in [1.807, 2.05) is 4.72 Å². The molecule has 0 radical (unpaired) electrons. The molecule has 0 aromatic heterocycles. The van der Waals surface area contributed by atoms with Gasteiger partial charge in [0.1, 0.15) is 0 Å². The quantitative estimate of drug-likeness (QED) is 0.870. The Hall–Kier alpha value is -1.29. The first-order chi connectivity index (χ1) is 8.79. The van der Waals surface area contributed by atoms with Crippen molar-refractivity contribution in [2.75, 3.05) is 6.26 Å². The summed E-state index contributed by atoms with van der Waals surface area (Å²) in [5.74, 6) is 0. The predicted molar refractivity (Wildman–Crippen MR) is 58.1 cm³/mol. The third-order valence-corrected chi connectivity index (χ3v) is 2.85. The van der Waals surface area contributed by atoms with Gasteiger partial charge in [-0.2, -0.15) is 26.3 Å². The highest BCUT2D eigenvalue weighted by Gasteiger charge is 2.36. The van der Waals surface area contributed by atoms with Gasteiger partial charge in [0.15, 0.2) is 0 Å². The van der Waals surface area contributed by atoms with Gasteiger partial charge in [0.2, 0.25) is 10.0 Å². The molecular weight excluding hydrogens is 312 g/mol. The molecule has 0 saturated heterocycles. The van der Waals surface area contributed by atoms with Crippen LogP contribution in [-0.2, 0) is 28.9 Å². The summed E-state index contributed by atoms with van der Waals surface area (Å²) in [7, 11) is -3.73. The van der Waals surface area contributed by atoms with Gasteiger partial charge in [0, 0.05) is 6.54 Å². The predicted octanol–water partition coefficient (Wildman–Crippen LogP) is 2.77. The molecule has 0 aliphatic heterocycles. The van der Waals surface area contributed by atoms with Gasteiger partial charge in [-0.05, 0) is 23.8 Å². The first kappa shape index (κ1) is 16.8. The Morgan fingerprint density at radius 3 is 1.65 bits per heavy atom. The van der Waals surface area contributed by atoms with E-state index in [1.165, 1.54) is 0 Å². The maximum absolute atomic E-state index is 12.5. The summed E-state index contributed by atoms with van der Waals surface area (Å²) in [5.41, 5.74) is -3.41. The van der Waals surface area contributed by atoms with E-state index in [4.69, 9.17) is 0 Å². The van der Waals surface area contributed by atoms with Crippen molar-refractivity contribution < 1.29 is 34.8 Å². The summed E-state index contributed by atoms with van der Waals surface area (Å²) >= 11 is 0. The monoisotopic (exact) mass is 321 g/mol. The molecule has 0 amide bonds. The normalized spacial score (nSPS) is 13.6. The van der Waals surface area contributed by atoms with Gasteiger partial charge in [-0.15, -0.1) is 0 Å². The van der Waals surface area contributed by atoms with Crippen LogP contribution >= 0.6 is 0 Å². The highest BCUT2D eigenvalue weighted by Crippen LogP contribution is 2.36. The van der Waals surface area contributed by atoms with Crippen molar-refractivity contribution in [2.45, 2.75) is 18.9 Å². The van der Waals surface area contributed by atoms with E-state index in [1.54, 1.807) is 0 Å². The Balaban J connectivity index is 3.24. The third-order valence-electron chi connectivity index (χ3n) is 2.19. The van der Waals surface area contributed by atoms with Crippen molar-refractivity contribution in [3.05, 3.63) is 34.9 Å². The third kappa shape index (κ3) is 5.00. The summed E-state index contributed by atoms with van der Waals surface area (Å²) in [6.07, 6.45) is -9.17. The van der Waals surface area contributed by atoms with E-state index in [0.717, 1.165) is 6.26 Å². The minimum absolute atomic E-state index is 0.0239. The van der Waals surface area contributed by atoms with E-state index in [9.17, 15) is 34.8 Å². The van der Waals surface area contributed by atoms with Gasteiger partial charge in [-0.1, -0.05) is 0 Å². The topological polar surface area (TPSA) is 46.2 Å². The molecule has 1 aromatic rings. The molecule has 0 fully saturated rings. The molecule has 20 heavy (non-hydrogen) atoms. The summed E-state index contributed by atoms with van der Waals surface area (Å²) in [6.45, 7) is -0.661. The van der Waals surface area contributed by atoms with Gasteiger partial charge < -0.3 is 0 Å². The fourth-order valence-corrected chi connectivity index (χ4v) is 1.76. The van der Waals surface area contributed by atoms with Crippen molar-refractivity contribution in [2.24, 2.45) is 0 Å². The van der Waals surface area contributed by atoms with Crippen LogP contribution in [0.1, 0.15) is 16.7 Å². The Kier molecular flexibility index (Phi) is 4.39. The molecule has 114 valence electrons. The molecular formula is C10H9F6NO2S. The maximum Gasteiger partial charge on any atom is 0.416 e. The van der Waals surface area contributed by atoms with Crippen molar-refractivity contribution in [1.82, 2.24) is 4.72 Å². The minimum Gasteiger partial charge on any atom is -0.213 e. The van der Waals surface area contributed by atoms with Crippen molar-refractivity contribution in [1.29, 1.82) is 0 Å². The number of hydrogen-bond donors (Lipinski definition) is 1. The molecule has 0 aliphatic carbocycles. The lowest BCUT2D eigenvalue weighted by molar-refractivity contribution is -0.143. The highest BCUT2D eigenvalue weighted by atomic mass is 32.2. The van der Waals surface area contributed by atoms with E-state index in [0.29, 0.717) is 12.1 Å². The molecule has 1 N–H and O–H groups in total. The number of benzene rings is 1. The van der Waals surface area contributed by atoms with E-state index < -0.39 is 45.6 Å². The largest absolute Gasteiger partial charge is 0.416 e. The van der Waals surface area contributed by atoms with Crippen LogP contribution in [0.3, 0.4) is 0 Å². The summed E-state index contributed by atoms with van der Waals surface area (Å²) < 4.78 is 98.5.